The summed E-state index contributed by atoms with van der Waals surface area (Å²) in [6, 6.07) is 15.8. The number of halogens is 6. The molecule has 2 aromatic rings. The van der Waals surface area contributed by atoms with E-state index in [0.717, 1.165) is 91.1 Å². The fourth-order valence-corrected chi connectivity index (χ4v) is 4.91. The summed E-state index contributed by atoms with van der Waals surface area (Å²) in [5.74, 6) is 0. The van der Waals surface area contributed by atoms with Gasteiger partial charge in [0.1, 0.15) is 13.1 Å². The van der Waals surface area contributed by atoms with E-state index in [1.165, 1.54) is 24.0 Å². The van der Waals surface area contributed by atoms with Gasteiger partial charge in [0.2, 0.25) is 0 Å². The van der Waals surface area contributed by atoms with Crippen LogP contribution in [0, 0.1) is 0 Å². The minimum absolute atomic E-state index is 0. The van der Waals surface area contributed by atoms with Crippen molar-refractivity contribution in [2.24, 2.45) is 0 Å². The van der Waals surface area contributed by atoms with E-state index in [4.69, 9.17) is 4.57 Å². The van der Waals surface area contributed by atoms with Crippen LogP contribution in [0.15, 0.2) is 48.5 Å². The molecular formula is C28H56B2Cl6N6O3. The van der Waals surface area contributed by atoms with Crippen LogP contribution < -0.4 is 118 Å². The molecule has 17 heteroatoms. The Hall–Kier alpha value is -0.0501. The average molecular weight is 759 g/mol. The van der Waals surface area contributed by atoms with Crippen LogP contribution in [0.2, 0.25) is 0 Å². The lowest BCUT2D eigenvalue weighted by Gasteiger charge is -2.19. The van der Waals surface area contributed by atoms with Crippen molar-refractivity contribution in [2.75, 3.05) is 52.4 Å². The Morgan fingerprint density at radius 2 is 0.756 bits per heavy atom. The molecule has 2 unspecified atom stereocenters. The van der Waals surface area contributed by atoms with Crippen LogP contribution >= 0.6 is 0 Å². The van der Waals surface area contributed by atoms with Crippen LogP contribution in [-0.2, 0) is 17.7 Å². The lowest BCUT2D eigenvalue weighted by atomic mass is 9.71. The van der Waals surface area contributed by atoms with Gasteiger partial charge in [-0.05, 0) is 10.9 Å². The summed E-state index contributed by atoms with van der Waals surface area (Å²) in [6.07, 6.45) is 6.94. The summed E-state index contributed by atoms with van der Waals surface area (Å²) < 4.78 is 5.58. The first-order valence-corrected chi connectivity index (χ1v) is 15.0. The van der Waals surface area contributed by atoms with Crippen molar-refractivity contribution >= 4 is 25.2 Å². The van der Waals surface area contributed by atoms with E-state index in [9.17, 15) is 10.0 Å². The third-order valence-electron chi connectivity index (χ3n) is 7.32. The number of hydrogen-bond acceptors (Lipinski definition) is 3. The predicted octanol–water partition coefficient (Wildman–Crippen LogP) is -24.1. The van der Waals surface area contributed by atoms with Crippen LogP contribution in [0.4, 0.5) is 0 Å². The van der Waals surface area contributed by atoms with Crippen molar-refractivity contribution < 1.29 is 122 Å². The molecule has 2 aromatic carbocycles. The quantitative estimate of drug-likeness (QED) is 0.0442. The molecule has 0 saturated heterocycles. The molecule has 9 nitrogen and oxygen atoms in total. The third-order valence-corrected chi connectivity index (χ3v) is 7.32. The maximum atomic E-state index is 10.6. The first-order chi connectivity index (χ1) is 19.0. The number of rotatable bonds is 22. The molecule has 16 N–H and O–H groups in total. The van der Waals surface area contributed by atoms with Gasteiger partial charge in [-0.2, -0.15) is 0 Å². The number of hydrogen-bond donors (Lipinski definition) is 8. The lowest BCUT2D eigenvalue weighted by Crippen LogP contribution is -3.10. The van der Waals surface area contributed by atoms with Gasteiger partial charge in [0, 0.05) is 49.7 Å². The molecule has 0 aliphatic rings. The van der Waals surface area contributed by atoms with E-state index in [2.05, 4.69) is 22.9 Å². The second-order valence-electron chi connectivity index (χ2n) is 10.7. The Morgan fingerprint density at radius 1 is 0.467 bits per heavy atom. The molecule has 264 valence electrons. The molecule has 2 rings (SSSR count). The van der Waals surface area contributed by atoms with Crippen molar-refractivity contribution in [1.82, 2.24) is 0 Å². The first kappa shape index (κ1) is 54.4. The van der Waals surface area contributed by atoms with Crippen molar-refractivity contribution in [3.8, 4) is 0 Å². The Labute approximate surface area is 309 Å². The number of nitrogens with one attached hydrogen (secondary N) is 2. The van der Waals surface area contributed by atoms with Crippen LogP contribution in [0.3, 0.4) is 0 Å². The molecule has 0 aromatic heterocycles. The van der Waals surface area contributed by atoms with Crippen molar-refractivity contribution in [1.29, 1.82) is 0 Å². The average Bonchev–Trinajstić information content (AvgIpc) is 2.95. The SMILES string of the molecule is [Cl-].[Cl-].[Cl-].[Cl-].[Cl-].[Cl-].[NH3+]CCCC[NH+](CCC[NH3+])Cc1ccc(B(O)OB(O)c2ccc(C[NH+](CCC[NH3+])CCCC[NH3+])cc2)cc1. The highest BCUT2D eigenvalue weighted by atomic mass is 35.5. The summed E-state index contributed by atoms with van der Waals surface area (Å²) in [7, 11) is -2.40. The Kier molecular flexibility index (Phi) is 40.9. The smallest absolute Gasteiger partial charge is 0.477 e. The van der Waals surface area contributed by atoms with Crippen molar-refractivity contribution in [2.45, 2.75) is 51.6 Å². The van der Waals surface area contributed by atoms with E-state index in [0.29, 0.717) is 10.9 Å². The molecule has 0 saturated carbocycles. The molecule has 0 radical (unpaired) electrons. The fourth-order valence-electron chi connectivity index (χ4n) is 4.91. The van der Waals surface area contributed by atoms with E-state index < -0.39 is 14.2 Å². The van der Waals surface area contributed by atoms with Gasteiger partial charge < -0.3 is 122 Å². The Balaban J connectivity index is -0.000000889. The van der Waals surface area contributed by atoms with E-state index in [1.807, 2.05) is 48.5 Å². The highest BCUT2D eigenvalue weighted by molar-refractivity contribution is 6.73. The Bertz CT molecular complexity index is 833. The second-order valence-corrected chi connectivity index (χ2v) is 10.7. The number of quaternary nitrogens is 6. The highest BCUT2D eigenvalue weighted by Crippen LogP contribution is 2.00. The minimum atomic E-state index is -1.20. The van der Waals surface area contributed by atoms with E-state index in [1.54, 1.807) is 9.80 Å². The zero-order valence-corrected chi connectivity index (χ0v) is 31.0. The highest BCUT2D eigenvalue weighted by Gasteiger charge is 2.26. The monoisotopic (exact) mass is 756 g/mol. The summed E-state index contributed by atoms with van der Waals surface area (Å²) in [6.45, 7) is 10.3. The maximum absolute atomic E-state index is 10.6. The second kappa shape index (κ2) is 33.8. The van der Waals surface area contributed by atoms with Crippen LogP contribution in [0.1, 0.15) is 49.7 Å². The van der Waals surface area contributed by atoms with Gasteiger partial charge in [-0.1, -0.05) is 48.5 Å². The Morgan fingerprint density at radius 3 is 1.04 bits per heavy atom. The largest absolute Gasteiger partial charge is 1.00 e. The minimum Gasteiger partial charge on any atom is -1.00 e. The molecule has 0 spiro atoms. The van der Waals surface area contributed by atoms with Gasteiger partial charge >= 0.3 is 14.2 Å². The standard InChI is InChI=1S/C28H50B2N6O3.6ClH/c31-15-1-3-19-35(21-5-17-33)23-25-7-11-27(12-8-25)29(37)39-30(38)28-13-9-26(10-14-28)24-36(22-6-18-34)20-4-2-16-32;;;;;;/h7-14,37-38H,1-6,15-24,31-34H2;6*1H. The molecule has 45 heavy (non-hydrogen) atoms. The maximum Gasteiger partial charge on any atom is 0.477 e. The van der Waals surface area contributed by atoms with Gasteiger partial charge in [-0.15, -0.1) is 0 Å². The van der Waals surface area contributed by atoms with Gasteiger partial charge in [0.05, 0.1) is 52.4 Å². The lowest BCUT2D eigenvalue weighted by molar-refractivity contribution is -0.915. The summed E-state index contributed by atoms with van der Waals surface area (Å²) in [5, 5.41) is 21.3. The molecule has 0 aliphatic heterocycles. The summed E-state index contributed by atoms with van der Waals surface area (Å²) >= 11 is 0. The molecule has 2 atom stereocenters. The molecule has 0 heterocycles. The first-order valence-electron chi connectivity index (χ1n) is 15.0. The van der Waals surface area contributed by atoms with Gasteiger partial charge in [-0.3, -0.25) is 0 Å². The molecule has 0 amide bonds. The van der Waals surface area contributed by atoms with E-state index >= 15 is 0 Å². The zero-order chi connectivity index (χ0) is 28.3. The molecular weight excluding hydrogens is 703 g/mol. The van der Waals surface area contributed by atoms with Gasteiger partial charge in [-0.25, -0.2) is 0 Å². The predicted molar refractivity (Wildman–Crippen MR) is 157 cm³/mol. The number of benzene rings is 2. The van der Waals surface area contributed by atoms with Crippen LogP contribution in [-0.4, -0.2) is 76.6 Å². The van der Waals surface area contributed by atoms with Gasteiger partial charge in [0.25, 0.3) is 0 Å². The number of unbranched alkanes of at least 4 members (excludes halogenated alkanes) is 2. The van der Waals surface area contributed by atoms with Crippen LogP contribution in [0.5, 0.6) is 0 Å². The fraction of sp³-hybridized carbons (Fsp3) is 0.571. The van der Waals surface area contributed by atoms with Crippen LogP contribution in [0.25, 0.3) is 0 Å². The summed E-state index contributed by atoms with van der Waals surface area (Å²) in [4.78, 5) is 3.11. The van der Waals surface area contributed by atoms with Gasteiger partial charge in [0.15, 0.2) is 0 Å². The third kappa shape index (κ3) is 23.0. The van der Waals surface area contributed by atoms with E-state index in [-0.39, 0.29) is 74.4 Å². The molecule has 0 bridgehead atoms. The van der Waals surface area contributed by atoms with Crippen molar-refractivity contribution in [3.63, 3.8) is 0 Å². The molecule has 0 aliphatic carbocycles. The zero-order valence-electron chi connectivity index (χ0n) is 26.5. The van der Waals surface area contributed by atoms with Crippen molar-refractivity contribution in [3.05, 3.63) is 59.7 Å². The summed E-state index contributed by atoms with van der Waals surface area (Å²) in [5.41, 5.74) is 19.6. The topological polar surface area (TPSA) is 169 Å². The molecule has 0 fully saturated rings. The normalized spacial score (nSPS) is 11.2.